The number of esters is 1. The van der Waals surface area contributed by atoms with Crippen LogP contribution in [0.5, 0.6) is 0 Å². The molecule has 158 valence electrons. The molecular formula is C17H33IN4O4S. The summed E-state index contributed by atoms with van der Waals surface area (Å²) in [5, 5.41) is 3.41. The Hall–Kier alpha value is -0.620. The number of hydrogen-bond donors (Lipinski definition) is 1. The van der Waals surface area contributed by atoms with Gasteiger partial charge < -0.3 is 15.0 Å². The van der Waals surface area contributed by atoms with E-state index in [1.807, 2.05) is 6.92 Å². The van der Waals surface area contributed by atoms with Crippen LogP contribution in [0.4, 0.5) is 0 Å². The van der Waals surface area contributed by atoms with Gasteiger partial charge in [0.25, 0.3) is 0 Å². The molecule has 1 N–H and O–H groups in total. The lowest BCUT2D eigenvalue weighted by Crippen LogP contribution is -2.50. The zero-order valence-electron chi connectivity index (χ0n) is 16.5. The van der Waals surface area contributed by atoms with E-state index in [9.17, 15) is 13.2 Å². The Morgan fingerprint density at radius 2 is 1.89 bits per heavy atom. The quantitative estimate of drug-likeness (QED) is 0.255. The van der Waals surface area contributed by atoms with Crippen LogP contribution in [0.3, 0.4) is 0 Å². The summed E-state index contributed by atoms with van der Waals surface area (Å²) in [4.78, 5) is 18.5. The van der Waals surface area contributed by atoms with Crippen LogP contribution in [0, 0.1) is 11.8 Å². The largest absolute Gasteiger partial charge is 0.466 e. The molecule has 10 heteroatoms. The van der Waals surface area contributed by atoms with E-state index in [1.165, 1.54) is 6.26 Å². The molecule has 0 aromatic rings. The molecule has 0 bridgehead atoms. The number of carbonyl (C=O) groups is 1. The molecule has 2 saturated heterocycles. The molecule has 2 aliphatic rings. The van der Waals surface area contributed by atoms with E-state index in [-0.39, 0.29) is 35.9 Å². The van der Waals surface area contributed by atoms with Crippen LogP contribution in [0.1, 0.15) is 32.6 Å². The molecule has 0 radical (unpaired) electrons. The molecule has 2 rings (SSSR count). The minimum Gasteiger partial charge on any atom is -0.466 e. The predicted molar refractivity (Wildman–Crippen MR) is 117 cm³/mol. The molecule has 0 spiro atoms. The average Bonchev–Trinajstić information content (AvgIpc) is 2.62. The summed E-state index contributed by atoms with van der Waals surface area (Å²) >= 11 is 0. The molecule has 2 fully saturated rings. The van der Waals surface area contributed by atoms with Crippen molar-refractivity contribution in [3.05, 3.63) is 0 Å². The molecule has 27 heavy (non-hydrogen) atoms. The number of aliphatic imine (C=N–C) groups is 1. The number of ether oxygens (including phenoxy) is 1. The summed E-state index contributed by atoms with van der Waals surface area (Å²) in [7, 11) is -1.33. The Morgan fingerprint density at radius 1 is 1.22 bits per heavy atom. The summed E-state index contributed by atoms with van der Waals surface area (Å²) in [5.41, 5.74) is 0. The zero-order valence-corrected chi connectivity index (χ0v) is 19.7. The molecular weight excluding hydrogens is 483 g/mol. The second kappa shape index (κ2) is 11.4. The van der Waals surface area contributed by atoms with Gasteiger partial charge in [-0.3, -0.25) is 9.79 Å². The first kappa shape index (κ1) is 24.4. The van der Waals surface area contributed by atoms with E-state index < -0.39 is 10.0 Å². The van der Waals surface area contributed by atoms with Crippen molar-refractivity contribution in [1.82, 2.24) is 14.5 Å². The van der Waals surface area contributed by atoms with Crippen LogP contribution in [0.2, 0.25) is 0 Å². The van der Waals surface area contributed by atoms with Gasteiger partial charge >= 0.3 is 5.97 Å². The van der Waals surface area contributed by atoms with Gasteiger partial charge in [0.15, 0.2) is 5.96 Å². The molecule has 8 nitrogen and oxygen atoms in total. The molecule has 0 aliphatic carbocycles. The van der Waals surface area contributed by atoms with E-state index in [1.54, 1.807) is 11.4 Å². The SMILES string of the molecule is CCOC(=O)C1CCCN(C(=NC)NCC2CCN(S(C)(=O)=O)CC2)C1.I. The van der Waals surface area contributed by atoms with Crippen LogP contribution in [0.15, 0.2) is 4.99 Å². The highest BCUT2D eigenvalue weighted by molar-refractivity contribution is 14.0. The van der Waals surface area contributed by atoms with Crippen LogP contribution >= 0.6 is 24.0 Å². The molecule has 2 aliphatic heterocycles. The van der Waals surface area contributed by atoms with E-state index in [4.69, 9.17) is 4.74 Å². The summed E-state index contributed by atoms with van der Waals surface area (Å²) in [5.74, 6) is 1.01. The summed E-state index contributed by atoms with van der Waals surface area (Å²) in [6.07, 6.45) is 4.77. The highest BCUT2D eigenvalue weighted by atomic mass is 127. The second-order valence-corrected chi connectivity index (χ2v) is 9.05. The van der Waals surface area contributed by atoms with Gasteiger partial charge in [0, 0.05) is 39.8 Å². The maximum Gasteiger partial charge on any atom is 0.310 e. The highest BCUT2D eigenvalue weighted by Gasteiger charge is 2.29. The molecule has 0 saturated carbocycles. The highest BCUT2D eigenvalue weighted by Crippen LogP contribution is 2.20. The van der Waals surface area contributed by atoms with E-state index >= 15 is 0 Å². The minimum atomic E-state index is -3.08. The number of likely N-dealkylation sites (tertiary alicyclic amines) is 1. The molecule has 0 amide bonds. The van der Waals surface area contributed by atoms with Gasteiger partial charge in [-0.2, -0.15) is 0 Å². The summed E-state index contributed by atoms with van der Waals surface area (Å²) < 4.78 is 29.9. The number of rotatable bonds is 5. The second-order valence-electron chi connectivity index (χ2n) is 7.07. The Kier molecular flexibility index (Phi) is 10.3. The normalized spacial score (nSPS) is 22.9. The number of nitrogens with zero attached hydrogens (tertiary/aromatic N) is 3. The topological polar surface area (TPSA) is 91.3 Å². The summed E-state index contributed by atoms with van der Waals surface area (Å²) in [6, 6.07) is 0. The lowest BCUT2D eigenvalue weighted by atomic mass is 9.97. The summed E-state index contributed by atoms with van der Waals surface area (Å²) in [6.45, 7) is 5.68. The lowest BCUT2D eigenvalue weighted by molar-refractivity contribution is -0.149. The van der Waals surface area contributed by atoms with E-state index in [0.717, 1.165) is 44.7 Å². The smallest absolute Gasteiger partial charge is 0.310 e. The minimum absolute atomic E-state index is 0. The number of sulfonamides is 1. The van der Waals surface area contributed by atoms with Gasteiger partial charge in [-0.25, -0.2) is 12.7 Å². The van der Waals surface area contributed by atoms with E-state index in [0.29, 0.717) is 32.2 Å². The molecule has 2 heterocycles. The van der Waals surface area contributed by atoms with Crippen molar-refractivity contribution >= 4 is 45.9 Å². The average molecular weight is 516 g/mol. The number of carbonyl (C=O) groups excluding carboxylic acids is 1. The van der Waals surface area contributed by atoms with Crippen LogP contribution in [-0.4, -0.2) is 82.2 Å². The fraction of sp³-hybridized carbons (Fsp3) is 0.882. The van der Waals surface area contributed by atoms with Crippen LogP contribution < -0.4 is 5.32 Å². The van der Waals surface area contributed by atoms with Gasteiger partial charge in [-0.1, -0.05) is 0 Å². The lowest BCUT2D eigenvalue weighted by Gasteiger charge is -2.35. The maximum atomic E-state index is 12.0. The van der Waals surface area contributed by atoms with Gasteiger partial charge in [0.2, 0.25) is 10.0 Å². The van der Waals surface area contributed by atoms with Gasteiger partial charge in [-0.05, 0) is 38.5 Å². The maximum absolute atomic E-state index is 12.0. The van der Waals surface area contributed by atoms with Gasteiger partial charge in [-0.15, -0.1) is 24.0 Å². The molecule has 0 aromatic heterocycles. The molecule has 1 unspecified atom stereocenters. The zero-order chi connectivity index (χ0) is 19.2. The molecule has 1 atom stereocenters. The van der Waals surface area contributed by atoms with E-state index in [2.05, 4.69) is 15.2 Å². The van der Waals surface area contributed by atoms with Crippen molar-refractivity contribution in [1.29, 1.82) is 0 Å². The first-order valence-electron chi connectivity index (χ1n) is 9.42. The number of guanidine groups is 1. The third-order valence-electron chi connectivity index (χ3n) is 5.14. The predicted octanol–water partition coefficient (Wildman–Crippen LogP) is 1.13. The van der Waals surface area contributed by atoms with Gasteiger partial charge in [0.1, 0.15) is 0 Å². The number of piperidine rings is 2. The number of hydrogen-bond acceptors (Lipinski definition) is 5. The van der Waals surface area contributed by atoms with Crippen molar-refractivity contribution < 1.29 is 17.9 Å². The van der Waals surface area contributed by atoms with Crippen molar-refractivity contribution in [2.45, 2.75) is 32.6 Å². The number of halogens is 1. The molecule has 0 aromatic carbocycles. The van der Waals surface area contributed by atoms with Crippen molar-refractivity contribution in [3.8, 4) is 0 Å². The van der Waals surface area contributed by atoms with Crippen molar-refractivity contribution in [2.24, 2.45) is 16.8 Å². The Bertz CT molecular complexity index is 606. The fourth-order valence-corrected chi connectivity index (χ4v) is 4.51. The van der Waals surface area contributed by atoms with Crippen LogP contribution in [0.25, 0.3) is 0 Å². The fourth-order valence-electron chi connectivity index (χ4n) is 3.63. The van der Waals surface area contributed by atoms with Crippen LogP contribution in [-0.2, 0) is 19.6 Å². The first-order valence-corrected chi connectivity index (χ1v) is 11.3. The first-order chi connectivity index (χ1) is 12.3. The Labute approximate surface area is 180 Å². The third kappa shape index (κ3) is 7.37. The standard InChI is InChI=1S/C17H32N4O4S.HI/c1-4-25-16(22)15-6-5-9-20(13-15)17(18-2)19-12-14-7-10-21(11-8-14)26(3,23)24;/h14-15H,4-13H2,1-3H3,(H,18,19);1H. The monoisotopic (exact) mass is 516 g/mol. The van der Waals surface area contributed by atoms with Crippen molar-refractivity contribution in [3.63, 3.8) is 0 Å². The van der Waals surface area contributed by atoms with Crippen molar-refractivity contribution in [2.75, 3.05) is 52.6 Å². The Balaban J connectivity index is 0.00000364. The third-order valence-corrected chi connectivity index (χ3v) is 6.45. The number of nitrogens with one attached hydrogen (secondary N) is 1. The van der Waals surface area contributed by atoms with Gasteiger partial charge in [0.05, 0.1) is 18.8 Å². The Morgan fingerprint density at radius 3 is 2.44 bits per heavy atom.